The van der Waals surface area contributed by atoms with Crippen LogP contribution in [0.25, 0.3) is 0 Å². The Kier molecular flexibility index (Phi) is 22.5. The predicted molar refractivity (Wildman–Crippen MR) is 101 cm³/mol. The average Bonchev–Trinajstić information content (AvgIpc) is 2.65. The monoisotopic (exact) mass is 380 g/mol. The molecule has 26 heavy (non-hydrogen) atoms. The van der Waals surface area contributed by atoms with Crippen molar-refractivity contribution in [2.24, 2.45) is 5.92 Å². The normalized spacial score (nSPS) is 12.6. The zero-order valence-electron chi connectivity index (χ0n) is 16.8. The molecule has 0 aromatic carbocycles. The third-order valence-corrected chi connectivity index (χ3v) is 3.55. The molecule has 7 nitrogen and oxygen atoms in total. The standard InChI is InChI=1S/C19H40O7/c1-3-4-5-19(2)18-26-17-16-25-15-14-24-13-12-23-11-10-22-9-8-21-7-6-20/h19-20H,3-18H2,1-2H3. The van der Waals surface area contributed by atoms with E-state index in [-0.39, 0.29) is 6.61 Å². The zero-order chi connectivity index (χ0) is 19.1. The molecule has 1 unspecified atom stereocenters. The minimum Gasteiger partial charge on any atom is -0.394 e. The van der Waals surface area contributed by atoms with E-state index < -0.39 is 0 Å². The van der Waals surface area contributed by atoms with Crippen LogP contribution in [0.3, 0.4) is 0 Å². The van der Waals surface area contributed by atoms with E-state index in [9.17, 15) is 0 Å². The molecule has 7 heteroatoms. The van der Waals surface area contributed by atoms with E-state index in [4.69, 9.17) is 33.5 Å². The first-order valence-electron chi connectivity index (χ1n) is 9.88. The van der Waals surface area contributed by atoms with Gasteiger partial charge in [-0.2, -0.15) is 0 Å². The van der Waals surface area contributed by atoms with E-state index in [1.165, 1.54) is 19.3 Å². The summed E-state index contributed by atoms with van der Waals surface area (Å²) in [6, 6.07) is 0. The fourth-order valence-electron chi connectivity index (χ4n) is 2.08. The van der Waals surface area contributed by atoms with Gasteiger partial charge < -0.3 is 33.5 Å². The highest BCUT2D eigenvalue weighted by Gasteiger charge is 2.01. The number of aliphatic hydroxyl groups is 1. The predicted octanol–water partition coefficient (Wildman–Crippen LogP) is 1.90. The highest BCUT2D eigenvalue weighted by Crippen LogP contribution is 2.07. The molecule has 0 aliphatic heterocycles. The second-order valence-corrected chi connectivity index (χ2v) is 6.11. The number of aliphatic hydroxyl groups excluding tert-OH is 1. The van der Waals surface area contributed by atoms with Gasteiger partial charge in [0.05, 0.1) is 79.3 Å². The summed E-state index contributed by atoms with van der Waals surface area (Å²) in [4.78, 5) is 0. The number of unbranched alkanes of at least 4 members (excludes halogenated alkanes) is 1. The molecule has 0 saturated carbocycles. The van der Waals surface area contributed by atoms with Crippen molar-refractivity contribution < 1.29 is 33.5 Å². The molecule has 0 fully saturated rings. The van der Waals surface area contributed by atoms with Gasteiger partial charge in [-0.1, -0.05) is 26.7 Å². The summed E-state index contributed by atoms with van der Waals surface area (Å²) < 4.78 is 32.2. The van der Waals surface area contributed by atoms with Gasteiger partial charge in [-0.05, 0) is 12.3 Å². The summed E-state index contributed by atoms with van der Waals surface area (Å²) in [5.74, 6) is 0.628. The van der Waals surface area contributed by atoms with Crippen molar-refractivity contribution in [2.75, 3.05) is 85.9 Å². The Morgan fingerprint density at radius 1 is 0.615 bits per heavy atom. The van der Waals surface area contributed by atoms with Gasteiger partial charge in [0, 0.05) is 6.61 Å². The lowest BCUT2D eigenvalue weighted by Gasteiger charge is -2.11. The second kappa shape index (κ2) is 22.8. The Hall–Kier alpha value is -0.280. The van der Waals surface area contributed by atoms with E-state index >= 15 is 0 Å². The molecule has 0 spiro atoms. The SMILES string of the molecule is CCCCC(C)COCCOCCOCCOCCOCCOCCO. The third-order valence-electron chi connectivity index (χ3n) is 3.55. The fourth-order valence-corrected chi connectivity index (χ4v) is 2.08. The molecule has 0 aliphatic carbocycles. The van der Waals surface area contributed by atoms with Crippen LogP contribution in [0.5, 0.6) is 0 Å². The Morgan fingerprint density at radius 2 is 1.00 bits per heavy atom. The topological polar surface area (TPSA) is 75.6 Å². The van der Waals surface area contributed by atoms with Crippen LogP contribution < -0.4 is 0 Å². The molecule has 0 rings (SSSR count). The van der Waals surface area contributed by atoms with E-state index in [0.717, 1.165) is 6.61 Å². The molecule has 0 aromatic heterocycles. The van der Waals surface area contributed by atoms with Gasteiger partial charge in [0.1, 0.15) is 0 Å². The van der Waals surface area contributed by atoms with Crippen LogP contribution in [0.2, 0.25) is 0 Å². The molecule has 1 N–H and O–H groups in total. The van der Waals surface area contributed by atoms with Crippen molar-refractivity contribution in [3.63, 3.8) is 0 Å². The highest BCUT2D eigenvalue weighted by atomic mass is 16.6. The van der Waals surface area contributed by atoms with Crippen molar-refractivity contribution in [3.8, 4) is 0 Å². The van der Waals surface area contributed by atoms with Gasteiger partial charge in [-0.25, -0.2) is 0 Å². The maximum atomic E-state index is 8.52. The molecule has 0 saturated heterocycles. The van der Waals surface area contributed by atoms with Gasteiger partial charge in [-0.3, -0.25) is 0 Å². The lowest BCUT2D eigenvalue weighted by molar-refractivity contribution is -0.0195. The summed E-state index contributed by atoms with van der Waals surface area (Å²) in [7, 11) is 0. The van der Waals surface area contributed by atoms with Gasteiger partial charge >= 0.3 is 0 Å². The van der Waals surface area contributed by atoms with Crippen LogP contribution in [-0.2, 0) is 28.4 Å². The van der Waals surface area contributed by atoms with Crippen LogP contribution in [-0.4, -0.2) is 91.0 Å². The molecule has 0 heterocycles. The van der Waals surface area contributed by atoms with Gasteiger partial charge in [-0.15, -0.1) is 0 Å². The highest BCUT2D eigenvalue weighted by molar-refractivity contribution is 4.50. The molecular weight excluding hydrogens is 340 g/mol. The molecule has 0 bridgehead atoms. The van der Waals surface area contributed by atoms with E-state index in [2.05, 4.69) is 13.8 Å². The Balaban J connectivity index is 3.03. The number of hydrogen-bond acceptors (Lipinski definition) is 7. The Morgan fingerprint density at radius 3 is 1.38 bits per heavy atom. The maximum absolute atomic E-state index is 8.52. The summed E-state index contributed by atoms with van der Waals surface area (Å²) in [5.41, 5.74) is 0. The first-order valence-corrected chi connectivity index (χ1v) is 9.88. The molecule has 1 atom stereocenters. The van der Waals surface area contributed by atoms with E-state index in [1.807, 2.05) is 0 Å². The molecule has 0 aliphatic rings. The van der Waals surface area contributed by atoms with Gasteiger partial charge in [0.2, 0.25) is 0 Å². The fraction of sp³-hybridized carbons (Fsp3) is 1.00. The van der Waals surface area contributed by atoms with Crippen molar-refractivity contribution in [3.05, 3.63) is 0 Å². The first-order chi connectivity index (χ1) is 12.8. The first kappa shape index (κ1) is 25.7. The van der Waals surface area contributed by atoms with Crippen LogP contribution in [0, 0.1) is 5.92 Å². The zero-order valence-corrected chi connectivity index (χ0v) is 16.8. The maximum Gasteiger partial charge on any atom is 0.0701 e. The Bertz CT molecular complexity index is 254. The largest absolute Gasteiger partial charge is 0.394 e. The van der Waals surface area contributed by atoms with Crippen molar-refractivity contribution in [1.82, 2.24) is 0 Å². The summed E-state index contributed by atoms with van der Waals surface area (Å²) in [5, 5.41) is 8.52. The van der Waals surface area contributed by atoms with Crippen LogP contribution in [0.1, 0.15) is 33.1 Å². The number of ether oxygens (including phenoxy) is 6. The minimum atomic E-state index is 0.0420. The van der Waals surface area contributed by atoms with Crippen LogP contribution >= 0.6 is 0 Å². The number of rotatable bonds is 22. The van der Waals surface area contributed by atoms with Crippen molar-refractivity contribution in [2.45, 2.75) is 33.1 Å². The van der Waals surface area contributed by atoms with Crippen LogP contribution in [0.4, 0.5) is 0 Å². The Labute approximate surface area is 159 Å². The molecule has 0 radical (unpaired) electrons. The average molecular weight is 381 g/mol. The summed E-state index contributed by atoms with van der Waals surface area (Å²) in [6.45, 7) is 11.2. The molecule has 0 aromatic rings. The lowest BCUT2D eigenvalue weighted by Crippen LogP contribution is -2.15. The van der Waals surface area contributed by atoms with Crippen molar-refractivity contribution >= 4 is 0 Å². The molecular formula is C19H40O7. The summed E-state index contributed by atoms with van der Waals surface area (Å²) in [6.07, 6.45) is 3.75. The van der Waals surface area contributed by atoms with E-state index in [0.29, 0.717) is 78.6 Å². The van der Waals surface area contributed by atoms with Gasteiger partial charge in [0.25, 0.3) is 0 Å². The molecule has 158 valence electrons. The quantitative estimate of drug-likeness (QED) is 0.288. The van der Waals surface area contributed by atoms with E-state index in [1.54, 1.807) is 0 Å². The number of hydrogen-bond donors (Lipinski definition) is 1. The van der Waals surface area contributed by atoms with Gasteiger partial charge in [0.15, 0.2) is 0 Å². The molecule has 0 amide bonds. The smallest absolute Gasteiger partial charge is 0.0701 e. The second-order valence-electron chi connectivity index (χ2n) is 6.11. The minimum absolute atomic E-state index is 0.0420. The van der Waals surface area contributed by atoms with Crippen LogP contribution in [0.15, 0.2) is 0 Å². The lowest BCUT2D eigenvalue weighted by atomic mass is 10.1. The summed E-state index contributed by atoms with van der Waals surface area (Å²) >= 11 is 0. The third kappa shape index (κ3) is 21.8. The van der Waals surface area contributed by atoms with Crippen molar-refractivity contribution in [1.29, 1.82) is 0 Å².